The van der Waals surface area contributed by atoms with Crippen LogP contribution in [0.3, 0.4) is 0 Å². The summed E-state index contributed by atoms with van der Waals surface area (Å²) in [6, 6.07) is 15.0. The summed E-state index contributed by atoms with van der Waals surface area (Å²) in [5.41, 5.74) is 4.28. The predicted octanol–water partition coefficient (Wildman–Crippen LogP) is 2.97. The summed E-state index contributed by atoms with van der Waals surface area (Å²) in [7, 11) is 0. The molecular formula is C19H20N2O2. The first-order chi connectivity index (χ1) is 11.0. The van der Waals surface area contributed by atoms with Gasteiger partial charge in [-0.3, -0.25) is 9.69 Å². The zero-order valence-corrected chi connectivity index (χ0v) is 13.4. The van der Waals surface area contributed by atoms with Gasteiger partial charge in [0.1, 0.15) is 6.04 Å². The van der Waals surface area contributed by atoms with Crippen molar-refractivity contribution in [3.8, 4) is 0 Å². The van der Waals surface area contributed by atoms with Gasteiger partial charge in [-0.05, 0) is 25.0 Å². The lowest BCUT2D eigenvalue weighted by atomic mass is 10.1. The van der Waals surface area contributed by atoms with E-state index in [9.17, 15) is 9.59 Å². The lowest BCUT2D eigenvalue weighted by molar-refractivity contribution is -0.127. The minimum absolute atomic E-state index is 0.155. The summed E-state index contributed by atoms with van der Waals surface area (Å²) < 4.78 is 0. The second kappa shape index (κ2) is 6.24. The molecule has 23 heavy (non-hydrogen) atoms. The molecule has 1 atom stereocenters. The molecule has 0 saturated carbocycles. The molecule has 0 spiro atoms. The maximum Gasteiger partial charge on any atom is 0.325 e. The third-order valence-electron chi connectivity index (χ3n) is 4.01. The second-order valence-electron chi connectivity index (χ2n) is 6.11. The highest BCUT2D eigenvalue weighted by Crippen LogP contribution is 2.17. The van der Waals surface area contributed by atoms with Crippen LogP contribution in [-0.2, 0) is 17.8 Å². The molecule has 4 heteroatoms. The molecule has 0 aromatic heterocycles. The molecule has 1 aliphatic rings. The number of carbonyl (C=O) groups excluding carboxylic acids is 2. The van der Waals surface area contributed by atoms with Crippen LogP contribution in [0.4, 0.5) is 4.79 Å². The molecule has 118 valence electrons. The number of rotatable bonds is 4. The van der Waals surface area contributed by atoms with Crippen molar-refractivity contribution in [1.29, 1.82) is 0 Å². The number of imide groups is 1. The molecule has 0 radical (unpaired) electrons. The van der Waals surface area contributed by atoms with Gasteiger partial charge >= 0.3 is 6.03 Å². The van der Waals surface area contributed by atoms with Crippen LogP contribution in [0.5, 0.6) is 0 Å². The SMILES string of the molecule is Cc1cc(C)cc(CN2C(=O)NC(Cc3ccccc3)C2=O)c1. The smallest absolute Gasteiger partial charge is 0.325 e. The van der Waals surface area contributed by atoms with Crippen LogP contribution < -0.4 is 5.32 Å². The van der Waals surface area contributed by atoms with E-state index in [1.807, 2.05) is 56.3 Å². The van der Waals surface area contributed by atoms with Crippen LogP contribution in [0, 0.1) is 13.8 Å². The molecule has 1 saturated heterocycles. The summed E-state index contributed by atoms with van der Waals surface area (Å²) in [5, 5.41) is 2.79. The van der Waals surface area contributed by atoms with Crippen LogP contribution >= 0.6 is 0 Å². The monoisotopic (exact) mass is 308 g/mol. The molecule has 2 aromatic rings. The van der Waals surface area contributed by atoms with Gasteiger partial charge in [-0.2, -0.15) is 0 Å². The maximum atomic E-state index is 12.5. The van der Waals surface area contributed by atoms with Crippen molar-refractivity contribution in [2.75, 3.05) is 0 Å². The van der Waals surface area contributed by atoms with Gasteiger partial charge in [0.2, 0.25) is 0 Å². The minimum atomic E-state index is -0.476. The summed E-state index contributed by atoms with van der Waals surface area (Å²) in [4.78, 5) is 26.0. The Hall–Kier alpha value is -2.62. The van der Waals surface area contributed by atoms with Gasteiger partial charge in [0.15, 0.2) is 0 Å². The topological polar surface area (TPSA) is 49.4 Å². The molecule has 1 heterocycles. The first-order valence-electron chi connectivity index (χ1n) is 7.76. The maximum absolute atomic E-state index is 12.5. The fraction of sp³-hybridized carbons (Fsp3) is 0.263. The van der Waals surface area contributed by atoms with Crippen LogP contribution in [-0.4, -0.2) is 22.9 Å². The van der Waals surface area contributed by atoms with Crippen molar-refractivity contribution in [2.24, 2.45) is 0 Å². The minimum Gasteiger partial charge on any atom is -0.325 e. The zero-order valence-electron chi connectivity index (χ0n) is 13.4. The van der Waals surface area contributed by atoms with Crippen molar-refractivity contribution in [1.82, 2.24) is 10.2 Å². The van der Waals surface area contributed by atoms with Gasteiger partial charge in [0, 0.05) is 6.42 Å². The van der Waals surface area contributed by atoms with E-state index < -0.39 is 6.04 Å². The number of hydrogen-bond donors (Lipinski definition) is 1. The van der Waals surface area contributed by atoms with Gasteiger partial charge in [-0.25, -0.2) is 4.79 Å². The Balaban J connectivity index is 1.73. The Morgan fingerprint density at radius 1 is 0.957 bits per heavy atom. The van der Waals surface area contributed by atoms with Crippen LogP contribution in [0.2, 0.25) is 0 Å². The number of carbonyl (C=O) groups is 2. The Kier molecular flexibility index (Phi) is 4.15. The number of nitrogens with zero attached hydrogens (tertiary/aromatic N) is 1. The molecule has 1 fully saturated rings. The average Bonchev–Trinajstić information content (AvgIpc) is 2.75. The molecule has 1 N–H and O–H groups in total. The normalized spacial score (nSPS) is 17.5. The number of benzene rings is 2. The number of urea groups is 1. The highest BCUT2D eigenvalue weighted by molar-refractivity contribution is 6.04. The van der Waals surface area contributed by atoms with Gasteiger partial charge in [0.25, 0.3) is 5.91 Å². The van der Waals surface area contributed by atoms with E-state index in [4.69, 9.17) is 0 Å². The van der Waals surface area contributed by atoms with E-state index in [0.29, 0.717) is 13.0 Å². The number of aryl methyl sites for hydroxylation is 2. The second-order valence-corrected chi connectivity index (χ2v) is 6.11. The highest BCUT2D eigenvalue weighted by Gasteiger charge is 2.37. The van der Waals surface area contributed by atoms with E-state index in [1.165, 1.54) is 4.90 Å². The van der Waals surface area contributed by atoms with E-state index in [2.05, 4.69) is 11.4 Å². The van der Waals surface area contributed by atoms with E-state index in [1.54, 1.807) is 0 Å². The lowest BCUT2D eigenvalue weighted by Crippen LogP contribution is -2.32. The summed E-state index contributed by atoms with van der Waals surface area (Å²) in [6.45, 7) is 4.35. The van der Waals surface area contributed by atoms with Crippen molar-refractivity contribution >= 4 is 11.9 Å². The third kappa shape index (κ3) is 3.42. The lowest BCUT2D eigenvalue weighted by Gasteiger charge is -2.14. The van der Waals surface area contributed by atoms with Gasteiger partial charge in [-0.1, -0.05) is 59.7 Å². The van der Waals surface area contributed by atoms with E-state index in [-0.39, 0.29) is 11.9 Å². The molecule has 1 unspecified atom stereocenters. The highest BCUT2D eigenvalue weighted by atomic mass is 16.2. The van der Waals surface area contributed by atoms with Crippen molar-refractivity contribution in [3.05, 3.63) is 70.8 Å². The van der Waals surface area contributed by atoms with Gasteiger partial charge in [0.05, 0.1) is 6.54 Å². The number of amides is 3. The predicted molar refractivity (Wildman–Crippen MR) is 88.9 cm³/mol. The van der Waals surface area contributed by atoms with Gasteiger partial charge < -0.3 is 5.32 Å². The quantitative estimate of drug-likeness (QED) is 0.883. The Labute approximate surface area is 136 Å². The fourth-order valence-corrected chi connectivity index (χ4v) is 3.06. The van der Waals surface area contributed by atoms with Gasteiger partial charge in [-0.15, -0.1) is 0 Å². The number of nitrogens with one attached hydrogen (secondary N) is 1. The molecule has 3 amide bonds. The molecule has 0 bridgehead atoms. The largest absolute Gasteiger partial charge is 0.325 e. The molecule has 2 aromatic carbocycles. The number of hydrogen-bond acceptors (Lipinski definition) is 2. The van der Waals surface area contributed by atoms with Crippen molar-refractivity contribution < 1.29 is 9.59 Å². The van der Waals surface area contributed by atoms with Crippen LogP contribution in [0.15, 0.2) is 48.5 Å². The third-order valence-corrected chi connectivity index (χ3v) is 4.01. The Morgan fingerprint density at radius 2 is 1.61 bits per heavy atom. The van der Waals surface area contributed by atoms with E-state index >= 15 is 0 Å². The molecular weight excluding hydrogens is 288 g/mol. The summed E-state index contributed by atoms with van der Waals surface area (Å²) in [6.07, 6.45) is 0.523. The zero-order chi connectivity index (χ0) is 16.4. The Morgan fingerprint density at radius 3 is 2.26 bits per heavy atom. The first-order valence-corrected chi connectivity index (χ1v) is 7.76. The summed E-state index contributed by atoms with van der Waals surface area (Å²) >= 11 is 0. The summed E-state index contributed by atoms with van der Waals surface area (Å²) in [5.74, 6) is -0.155. The Bertz CT molecular complexity index is 720. The van der Waals surface area contributed by atoms with E-state index in [0.717, 1.165) is 22.3 Å². The first kappa shape index (κ1) is 15.3. The molecule has 3 rings (SSSR count). The van der Waals surface area contributed by atoms with Crippen LogP contribution in [0.25, 0.3) is 0 Å². The molecule has 1 aliphatic heterocycles. The van der Waals surface area contributed by atoms with Crippen molar-refractivity contribution in [2.45, 2.75) is 32.9 Å². The fourth-order valence-electron chi connectivity index (χ4n) is 3.06. The standard InChI is InChI=1S/C19H20N2O2/c1-13-8-14(2)10-16(9-13)12-21-18(22)17(20-19(21)23)11-15-6-4-3-5-7-15/h3-10,17H,11-12H2,1-2H3,(H,20,23). The average molecular weight is 308 g/mol. The van der Waals surface area contributed by atoms with Crippen LogP contribution in [0.1, 0.15) is 22.3 Å². The molecule has 4 nitrogen and oxygen atoms in total. The molecule has 0 aliphatic carbocycles. The van der Waals surface area contributed by atoms with Crippen molar-refractivity contribution in [3.63, 3.8) is 0 Å².